The van der Waals surface area contributed by atoms with E-state index in [1.807, 2.05) is 24.3 Å². The van der Waals surface area contributed by atoms with Gasteiger partial charge in [-0.05, 0) is 31.0 Å². The van der Waals surface area contributed by atoms with Crippen molar-refractivity contribution in [1.82, 2.24) is 10.2 Å². The number of aryl methyl sites for hydroxylation is 1. The molecule has 0 saturated carbocycles. The van der Waals surface area contributed by atoms with E-state index in [-0.39, 0.29) is 11.9 Å². The molecule has 29 heavy (non-hydrogen) atoms. The minimum atomic E-state index is -0.0949. The lowest BCUT2D eigenvalue weighted by atomic mass is 10.0. The Morgan fingerprint density at radius 3 is 2.59 bits per heavy atom. The lowest BCUT2D eigenvalue weighted by molar-refractivity contribution is 0.0162. The van der Waals surface area contributed by atoms with Crippen molar-refractivity contribution in [3.63, 3.8) is 0 Å². The van der Waals surface area contributed by atoms with Gasteiger partial charge in [-0.15, -0.1) is 0 Å². The maximum atomic E-state index is 12.9. The maximum Gasteiger partial charge on any atom is 0.255 e. The number of nitrogens with one attached hydrogen (secondary N) is 1. The highest BCUT2D eigenvalue weighted by atomic mass is 16.5. The van der Waals surface area contributed by atoms with Gasteiger partial charge in [-0.3, -0.25) is 9.69 Å². The summed E-state index contributed by atoms with van der Waals surface area (Å²) in [6, 6.07) is 16.2. The van der Waals surface area contributed by atoms with Gasteiger partial charge in [-0.1, -0.05) is 55.3 Å². The van der Waals surface area contributed by atoms with Crippen LogP contribution in [0.3, 0.4) is 0 Å². The second-order valence-corrected chi connectivity index (χ2v) is 7.48. The lowest BCUT2D eigenvalue weighted by Crippen LogP contribution is -2.43. The van der Waals surface area contributed by atoms with E-state index in [0.717, 1.165) is 39.1 Å². The summed E-state index contributed by atoms with van der Waals surface area (Å²) in [5, 5.41) is 3.14. The number of carbonyl (C=O) groups excluding carboxylic acids is 1. The van der Waals surface area contributed by atoms with Gasteiger partial charge in [0.2, 0.25) is 0 Å². The molecule has 0 spiro atoms. The molecule has 0 aliphatic carbocycles. The molecule has 2 aromatic rings. The highest BCUT2D eigenvalue weighted by Gasteiger charge is 2.24. The van der Waals surface area contributed by atoms with Gasteiger partial charge < -0.3 is 14.8 Å². The highest BCUT2D eigenvalue weighted by Crippen LogP contribution is 2.23. The number of morpholine rings is 1. The molecular formula is C24H32N2O3. The van der Waals surface area contributed by atoms with E-state index in [2.05, 4.69) is 48.3 Å². The van der Waals surface area contributed by atoms with E-state index in [9.17, 15) is 4.79 Å². The van der Waals surface area contributed by atoms with E-state index in [4.69, 9.17) is 9.47 Å². The van der Waals surface area contributed by atoms with Crippen LogP contribution in [0.1, 0.15) is 47.3 Å². The normalized spacial score (nSPS) is 15.7. The molecule has 3 rings (SSSR count). The van der Waals surface area contributed by atoms with Crippen molar-refractivity contribution in [2.45, 2.75) is 32.7 Å². The predicted octanol–water partition coefficient (Wildman–Crippen LogP) is 3.98. The second-order valence-electron chi connectivity index (χ2n) is 7.48. The summed E-state index contributed by atoms with van der Waals surface area (Å²) in [4.78, 5) is 15.3. The van der Waals surface area contributed by atoms with Gasteiger partial charge in [0.05, 0.1) is 31.4 Å². The van der Waals surface area contributed by atoms with E-state index in [1.54, 1.807) is 0 Å². The highest BCUT2D eigenvalue weighted by molar-refractivity contribution is 5.96. The SMILES string of the molecule is CCCCOc1ccccc1C(=O)NC[C@H](c1ccc(C)cc1)N1CCOCC1. The number of benzene rings is 2. The first-order valence-electron chi connectivity index (χ1n) is 10.6. The molecule has 1 atom stereocenters. The van der Waals surface area contributed by atoms with Crippen LogP contribution in [-0.2, 0) is 4.74 Å². The summed E-state index contributed by atoms with van der Waals surface area (Å²) in [6.45, 7) is 8.57. The minimum absolute atomic E-state index is 0.0949. The van der Waals surface area contributed by atoms with Crippen molar-refractivity contribution in [1.29, 1.82) is 0 Å². The number of rotatable bonds is 9. The molecule has 5 nitrogen and oxygen atoms in total. The summed E-state index contributed by atoms with van der Waals surface area (Å²) >= 11 is 0. The first-order valence-corrected chi connectivity index (χ1v) is 10.6. The smallest absolute Gasteiger partial charge is 0.255 e. The van der Waals surface area contributed by atoms with Crippen LogP contribution in [-0.4, -0.2) is 50.3 Å². The topological polar surface area (TPSA) is 50.8 Å². The molecule has 0 aromatic heterocycles. The van der Waals surface area contributed by atoms with Gasteiger partial charge in [-0.2, -0.15) is 0 Å². The molecule has 1 aliphatic rings. The van der Waals surface area contributed by atoms with Gasteiger partial charge in [0.25, 0.3) is 5.91 Å². The minimum Gasteiger partial charge on any atom is -0.493 e. The molecule has 5 heteroatoms. The zero-order chi connectivity index (χ0) is 20.5. The molecular weight excluding hydrogens is 364 g/mol. The summed E-state index contributed by atoms with van der Waals surface area (Å²) in [6.07, 6.45) is 2.04. The van der Waals surface area contributed by atoms with Gasteiger partial charge in [0.1, 0.15) is 5.75 Å². The van der Waals surface area contributed by atoms with Crippen molar-refractivity contribution in [2.24, 2.45) is 0 Å². The van der Waals surface area contributed by atoms with Crippen LogP contribution in [0.15, 0.2) is 48.5 Å². The van der Waals surface area contributed by atoms with Crippen LogP contribution in [0, 0.1) is 6.92 Å². The third-order valence-corrected chi connectivity index (χ3v) is 5.29. The van der Waals surface area contributed by atoms with Crippen molar-refractivity contribution < 1.29 is 14.3 Å². The van der Waals surface area contributed by atoms with E-state index in [0.29, 0.717) is 24.5 Å². The van der Waals surface area contributed by atoms with E-state index >= 15 is 0 Å². The Hall–Kier alpha value is -2.37. The number of unbranched alkanes of at least 4 members (excludes halogenated alkanes) is 1. The zero-order valence-electron chi connectivity index (χ0n) is 17.5. The fourth-order valence-corrected chi connectivity index (χ4v) is 3.53. The third-order valence-electron chi connectivity index (χ3n) is 5.29. The molecule has 1 fully saturated rings. The standard InChI is InChI=1S/C24H32N2O3/c1-3-4-15-29-23-8-6-5-7-21(23)24(27)25-18-22(26-13-16-28-17-14-26)20-11-9-19(2)10-12-20/h5-12,22H,3-4,13-18H2,1-2H3,(H,25,27)/t22-/m1/s1. The molecule has 1 N–H and O–H groups in total. The third kappa shape index (κ3) is 6.05. The van der Waals surface area contributed by atoms with Crippen molar-refractivity contribution in [2.75, 3.05) is 39.5 Å². The molecule has 1 heterocycles. The second kappa shape index (κ2) is 11.0. The van der Waals surface area contributed by atoms with Crippen molar-refractivity contribution >= 4 is 5.91 Å². The molecule has 0 bridgehead atoms. The summed E-state index contributed by atoms with van der Waals surface area (Å²) in [5.74, 6) is 0.555. The number of para-hydroxylation sites is 1. The van der Waals surface area contributed by atoms with Crippen LogP contribution >= 0.6 is 0 Å². The number of amides is 1. The predicted molar refractivity (Wildman–Crippen MR) is 115 cm³/mol. The fraction of sp³-hybridized carbons (Fsp3) is 0.458. The van der Waals surface area contributed by atoms with Gasteiger partial charge in [-0.25, -0.2) is 0 Å². The Kier molecular flexibility index (Phi) is 8.08. The number of nitrogens with zero attached hydrogens (tertiary/aromatic N) is 1. The molecule has 0 unspecified atom stereocenters. The number of ether oxygens (including phenoxy) is 2. The maximum absolute atomic E-state index is 12.9. The van der Waals surface area contributed by atoms with Gasteiger partial charge in [0.15, 0.2) is 0 Å². The average Bonchev–Trinajstić information content (AvgIpc) is 2.76. The first kappa shape index (κ1) is 21.3. The van der Waals surface area contributed by atoms with Crippen LogP contribution in [0.4, 0.5) is 0 Å². The number of hydrogen-bond donors (Lipinski definition) is 1. The largest absolute Gasteiger partial charge is 0.493 e. The Bertz CT molecular complexity index is 770. The monoisotopic (exact) mass is 396 g/mol. The number of carbonyl (C=O) groups is 1. The molecule has 1 saturated heterocycles. The van der Waals surface area contributed by atoms with Crippen LogP contribution in [0.5, 0.6) is 5.75 Å². The quantitative estimate of drug-likeness (QED) is 0.652. The lowest BCUT2D eigenvalue weighted by Gasteiger charge is -2.35. The van der Waals surface area contributed by atoms with Gasteiger partial charge in [0, 0.05) is 19.6 Å². The van der Waals surface area contributed by atoms with Crippen LogP contribution in [0.2, 0.25) is 0 Å². The Balaban J connectivity index is 1.70. The van der Waals surface area contributed by atoms with Crippen LogP contribution in [0.25, 0.3) is 0 Å². The van der Waals surface area contributed by atoms with Crippen molar-refractivity contribution in [3.05, 3.63) is 65.2 Å². The van der Waals surface area contributed by atoms with E-state index < -0.39 is 0 Å². The van der Waals surface area contributed by atoms with E-state index in [1.165, 1.54) is 11.1 Å². The average molecular weight is 397 g/mol. The Morgan fingerprint density at radius 2 is 1.86 bits per heavy atom. The van der Waals surface area contributed by atoms with Crippen LogP contribution < -0.4 is 10.1 Å². The Labute approximate surface area is 174 Å². The summed E-state index contributed by atoms with van der Waals surface area (Å²) in [5.41, 5.74) is 3.04. The first-order chi connectivity index (χ1) is 14.2. The molecule has 1 amide bonds. The summed E-state index contributed by atoms with van der Waals surface area (Å²) in [7, 11) is 0. The molecule has 1 aliphatic heterocycles. The fourth-order valence-electron chi connectivity index (χ4n) is 3.53. The molecule has 2 aromatic carbocycles. The van der Waals surface area contributed by atoms with Crippen molar-refractivity contribution in [3.8, 4) is 5.75 Å². The van der Waals surface area contributed by atoms with Gasteiger partial charge >= 0.3 is 0 Å². The molecule has 0 radical (unpaired) electrons. The zero-order valence-corrected chi connectivity index (χ0v) is 17.5. The Morgan fingerprint density at radius 1 is 1.14 bits per heavy atom. The molecule has 156 valence electrons. The summed E-state index contributed by atoms with van der Waals surface area (Å²) < 4.78 is 11.3. The number of hydrogen-bond acceptors (Lipinski definition) is 4.